The van der Waals surface area contributed by atoms with E-state index < -0.39 is 0 Å². The summed E-state index contributed by atoms with van der Waals surface area (Å²) in [4.78, 5) is 16.4. The standard InChI is InChI=1S/C11H18N2O2S/c1-3-8(14)5-6-12-11(15)9-7-13-10(4-2)16-9/h7-8,14H,3-6H2,1-2H3,(H,12,15). The second-order valence-electron chi connectivity index (χ2n) is 3.58. The number of aryl methyl sites for hydroxylation is 1. The molecular formula is C11H18N2O2S. The first-order chi connectivity index (χ1) is 7.67. The van der Waals surface area contributed by atoms with Crippen LogP contribution in [-0.4, -0.2) is 28.6 Å². The van der Waals surface area contributed by atoms with Gasteiger partial charge in [-0.05, 0) is 19.3 Å². The molecular weight excluding hydrogens is 224 g/mol. The van der Waals surface area contributed by atoms with Crippen LogP contribution in [0.4, 0.5) is 0 Å². The Morgan fingerprint density at radius 3 is 2.94 bits per heavy atom. The van der Waals surface area contributed by atoms with Crippen LogP contribution in [0.2, 0.25) is 0 Å². The normalized spacial score (nSPS) is 12.4. The van der Waals surface area contributed by atoms with Gasteiger partial charge in [0.05, 0.1) is 17.3 Å². The van der Waals surface area contributed by atoms with Crippen LogP contribution in [-0.2, 0) is 6.42 Å². The number of hydrogen-bond acceptors (Lipinski definition) is 4. The zero-order valence-corrected chi connectivity index (χ0v) is 10.5. The van der Waals surface area contributed by atoms with Crippen molar-refractivity contribution in [2.75, 3.05) is 6.54 Å². The van der Waals surface area contributed by atoms with Crippen molar-refractivity contribution >= 4 is 17.2 Å². The molecule has 0 fully saturated rings. The molecule has 5 heteroatoms. The minimum atomic E-state index is -0.326. The number of aliphatic hydroxyl groups excluding tert-OH is 1. The molecule has 2 N–H and O–H groups in total. The van der Waals surface area contributed by atoms with Crippen molar-refractivity contribution in [2.24, 2.45) is 0 Å². The Morgan fingerprint density at radius 1 is 1.62 bits per heavy atom. The van der Waals surface area contributed by atoms with Gasteiger partial charge < -0.3 is 10.4 Å². The zero-order chi connectivity index (χ0) is 12.0. The van der Waals surface area contributed by atoms with Crippen LogP contribution in [0.3, 0.4) is 0 Å². The lowest BCUT2D eigenvalue weighted by molar-refractivity contribution is 0.0946. The van der Waals surface area contributed by atoms with Crippen LogP contribution in [0, 0.1) is 0 Å². The minimum absolute atomic E-state index is 0.0968. The molecule has 0 aliphatic heterocycles. The maximum atomic E-state index is 11.6. The molecule has 0 saturated carbocycles. The molecule has 1 heterocycles. The van der Waals surface area contributed by atoms with E-state index in [-0.39, 0.29) is 12.0 Å². The van der Waals surface area contributed by atoms with E-state index in [1.54, 1.807) is 6.20 Å². The molecule has 0 aliphatic carbocycles. The van der Waals surface area contributed by atoms with Crippen molar-refractivity contribution in [1.29, 1.82) is 0 Å². The molecule has 0 aromatic carbocycles. The van der Waals surface area contributed by atoms with Crippen LogP contribution < -0.4 is 5.32 Å². The number of aromatic nitrogens is 1. The van der Waals surface area contributed by atoms with Crippen molar-refractivity contribution < 1.29 is 9.90 Å². The third kappa shape index (κ3) is 3.90. The molecule has 1 aromatic rings. The number of carbonyl (C=O) groups excluding carboxylic acids is 1. The first-order valence-electron chi connectivity index (χ1n) is 5.58. The lowest BCUT2D eigenvalue weighted by atomic mass is 10.2. The molecule has 90 valence electrons. The highest BCUT2D eigenvalue weighted by atomic mass is 32.1. The Labute approximate surface area is 99.7 Å². The smallest absolute Gasteiger partial charge is 0.263 e. The van der Waals surface area contributed by atoms with E-state index in [0.29, 0.717) is 17.8 Å². The summed E-state index contributed by atoms with van der Waals surface area (Å²) < 4.78 is 0. The van der Waals surface area contributed by atoms with Gasteiger partial charge in [0.1, 0.15) is 4.88 Å². The topological polar surface area (TPSA) is 62.2 Å². The Kier molecular flexibility index (Phi) is 5.42. The van der Waals surface area contributed by atoms with E-state index in [1.807, 2.05) is 13.8 Å². The number of amides is 1. The maximum absolute atomic E-state index is 11.6. The van der Waals surface area contributed by atoms with E-state index in [4.69, 9.17) is 0 Å². The molecule has 0 bridgehead atoms. The fraction of sp³-hybridized carbons (Fsp3) is 0.636. The largest absolute Gasteiger partial charge is 0.393 e. The molecule has 0 saturated heterocycles. The van der Waals surface area contributed by atoms with Gasteiger partial charge >= 0.3 is 0 Å². The number of nitrogens with one attached hydrogen (secondary N) is 1. The lowest BCUT2D eigenvalue weighted by Gasteiger charge is -2.07. The van der Waals surface area contributed by atoms with Gasteiger partial charge in [0.15, 0.2) is 0 Å². The van der Waals surface area contributed by atoms with Gasteiger partial charge in [-0.1, -0.05) is 13.8 Å². The summed E-state index contributed by atoms with van der Waals surface area (Å²) in [6, 6.07) is 0. The summed E-state index contributed by atoms with van der Waals surface area (Å²) in [5.41, 5.74) is 0. The van der Waals surface area contributed by atoms with Crippen LogP contribution in [0.25, 0.3) is 0 Å². The number of carbonyl (C=O) groups is 1. The monoisotopic (exact) mass is 242 g/mol. The van der Waals surface area contributed by atoms with E-state index in [9.17, 15) is 9.90 Å². The van der Waals surface area contributed by atoms with E-state index in [0.717, 1.165) is 17.8 Å². The van der Waals surface area contributed by atoms with Gasteiger partial charge in [0.25, 0.3) is 5.91 Å². The summed E-state index contributed by atoms with van der Waals surface area (Å²) in [6.07, 6.45) is 3.45. The second kappa shape index (κ2) is 6.60. The number of hydrogen-bond donors (Lipinski definition) is 2. The Bertz CT molecular complexity index is 338. The molecule has 4 nitrogen and oxygen atoms in total. The summed E-state index contributed by atoms with van der Waals surface area (Å²) in [6.45, 7) is 4.44. The predicted octanol–water partition coefficient (Wildman–Crippen LogP) is 1.60. The fourth-order valence-corrected chi connectivity index (χ4v) is 2.00. The third-order valence-electron chi connectivity index (χ3n) is 2.31. The fourth-order valence-electron chi connectivity index (χ4n) is 1.22. The zero-order valence-electron chi connectivity index (χ0n) is 9.69. The number of nitrogens with zero attached hydrogens (tertiary/aromatic N) is 1. The van der Waals surface area contributed by atoms with Crippen LogP contribution >= 0.6 is 11.3 Å². The Morgan fingerprint density at radius 2 is 2.38 bits per heavy atom. The quantitative estimate of drug-likeness (QED) is 0.796. The van der Waals surface area contributed by atoms with Gasteiger partial charge in [-0.3, -0.25) is 4.79 Å². The van der Waals surface area contributed by atoms with Crippen LogP contribution in [0.5, 0.6) is 0 Å². The second-order valence-corrected chi connectivity index (χ2v) is 4.69. The van der Waals surface area contributed by atoms with Gasteiger partial charge in [-0.25, -0.2) is 4.98 Å². The number of aliphatic hydroxyl groups is 1. The average Bonchev–Trinajstić information content (AvgIpc) is 2.77. The Balaban J connectivity index is 2.35. The predicted molar refractivity (Wildman–Crippen MR) is 64.7 cm³/mol. The summed E-state index contributed by atoms with van der Waals surface area (Å²) in [7, 11) is 0. The molecule has 0 spiro atoms. The molecule has 1 atom stereocenters. The SMILES string of the molecule is CCc1ncc(C(=O)NCCC(O)CC)s1. The van der Waals surface area contributed by atoms with Crippen LogP contribution in [0.15, 0.2) is 6.20 Å². The molecule has 0 aliphatic rings. The first kappa shape index (κ1) is 13.1. The highest BCUT2D eigenvalue weighted by molar-refractivity contribution is 7.13. The summed E-state index contributed by atoms with van der Waals surface area (Å²) in [5.74, 6) is -0.0968. The molecule has 1 aromatic heterocycles. The molecule has 1 unspecified atom stereocenters. The average molecular weight is 242 g/mol. The summed E-state index contributed by atoms with van der Waals surface area (Å²) >= 11 is 1.42. The Hall–Kier alpha value is -0.940. The van der Waals surface area contributed by atoms with Gasteiger partial charge in [0, 0.05) is 6.54 Å². The van der Waals surface area contributed by atoms with E-state index in [2.05, 4.69) is 10.3 Å². The van der Waals surface area contributed by atoms with Crippen molar-refractivity contribution in [1.82, 2.24) is 10.3 Å². The van der Waals surface area contributed by atoms with E-state index in [1.165, 1.54) is 11.3 Å². The highest BCUT2D eigenvalue weighted by Gasteiger charge is 2.09. The van der Waals surface area contributed by atoms with Crippen molar-refractivity contribution in [2.45, 2.75) is 39.2 Å². The minimum Gasteiger partial charge on any atom is -0.393 e. The molecule has 0 radical (unpaired) electrons. The molecule has 16 heavy (non-hydrogen) atoms. The van der Waals surface area contributed by atoms with Crippen LogP contribution in [0.1, 0.15) is 41.4 Å². The van der Waals surface area contributed by atoms with Crippen molar-refractivity contribution in [3.63, 3.8) is 0 Å². The van der Waals surface area contributed by atoms with Gasteiger partial charge in [-0.2, -0.15) is 0 Å². The van der Waals surface area contributed by atoms with Crippen molar-refractivity contribution in [3.05, 3.63) is 16.1 Å². The molecule has 1 amide bonds. The number of thiazole rings is 1. The number of rotatable bonds is 6. The first-order valence-corrected chi connectivity index (χ1v) is 6.40. The maximum Gasteiger partial charge on any atom is 0.263 e. The third-order valence-corrected chi connectivity index (χ3v) is 3.45. The van der Waals surface area contributed by atoms with Gasteiger partial charge in [-0.15, -0.1) is 11.3 Å². The summed E-state index contributed by atoms with van der Waals surface area (Å²) in [5, 5.41) is 13.1. The molecule has 1 rings (SSSR count). The van der Waals surface area contributed by atoms with E-state index >= 15 is 0 Å². The van der Waals surface area contributed by atoms with Gasteiger partial charge in [0.2, 0.25) is 0 Å². The van der Waals surface area contributed by atoms with Crippen molar-refractivity contribution in [3.8, 4) is 0 Å². The lowest BCUT2D eigenvalue weighted by Crippen LogP contribution is -2.26. The highest BCUT2D eigenvalue weighted by Crippen LogP contribution is 2.12.